The lowest BCUT2D eigenvalue weighted by molar-refractivity contribution is -0.388. The summed E-state index contributed by atoms with van der Waals surface area (Å²) < 4.78 is 4.82. The van der Waals surface area contributed by atoms with Crippen LogP contribution in [0.5, 0.6) is 0 Å². The highest BCUT2D eigenvalue weighted by atomic mass is 79.9. The zero-order valence-electron chi connectivity index (χ0n) is 8.52. The zero-order chi connectivity index (χ0) is 12.3. The molecule has 0 bridgehead atoms. The lowest BCUT2D eigenvalue weighted by Crippen LogP contribution is -2.03. The minimum atomic E-state index is -0.522. The van der Waals surface area contributed by atoms with Crippen LogP contribution in [0, 0.1) is 10.1 Å². The summed E-state index contributed by atoms with van der Waals surface area (Å²) in [7, 11) is 1.26. The van der Waals surface area contributed by atoms with Crippen LogP contribution in [0.4, 0.5) is 5.69 Å². The van der Waals surface area contributed by atoms with Crippen LogP contribution in [0.1, 0.15) is 10.4 Å². The van der Waals surface area contributed by atoms with E-state index in [9.17, 15) is 14.9 Å². The molecule has 5 nitrogen and oxygen atoms in total. The fourth-order valence-electron chi connectivity index (χ4n) is 1.14. The van der Waals surface area contributed by atoms with Crippen LogP contribution >= 0.6 is 27.7 Å². The van der Waals surface area contributed by atoms with Crippen molar-refractivity contribution in [1.29, 1.82) is 0 Å². The largest absolute Gasteiger partial charge is 0.465 e. The predicted molar refractivity (Wildman–Crippen MR) is 63.9 cm³/mol. The first kappa shape index (κ1) is 13.0. The molecule has 0 unspecified atom stereocenters. The minimum Gasteiger partial charge on any atom is -0.465 e. The molecule has 0 aliphatic heterocycles. The Labute approximate surface area is 104 Å². The number of carbonyl (C=O) groups is 1. The number of ether oxygens (including phenoxy) is 1. The topological polar surface area (TPSA) is 69.4 Å². The monoisotopic (exact) mass is 305 g/mol. The van der Waals surface area contributed by atoms with Gasteiger partial charge in [-0.2, -0.15) is 0 Å². The van der Waals surface area contributed by atoms with Gasteiger partial charge in [-0.05, 0) is 34.3 Å². The van der Waals surface area contributed by atoms with Crippen molar-refractivity contribution in [2.75, 3.05) is 13.4 Å². The molecule has 7 heteroatoms. The molecule has 1 rings (SSSR count). The van der Waals surface area contributed by atoms with Gasteiger partial charge in [0, 0.05) is 0 Å². The maximum Gasteiger partial charge on any atom is 0.337 e. The number of benzene rings is 1. The summed E-state index contributed by atoms with van der Waals surface area (Å²) in [5.74, 6) is -0.522. The second kappa shape index (κ2) is 5.31. The van der Waals surface area contributed by atoms with E-state index in [1.165, 1.54) is 31.0 Å². The second-order valence-electron chi connectivity index (χ2n) is 2.76. The van der Waals surface area contributed by atoms with Crippen LogP contribution in [-0.4, -0.2) is 24.3 Å². The number of thioether (sulfide) groups is 1. The summed E-state index contributed by atoms with van der Waals surface area (Å²) in [5.41, 5.74) is 0.240. The SMILES string of the molecule is COC(=O)c1cc(Br)c([N+](=O)[O-])c(SC)c1. The molecule has 1 aromatic rings. The number of nitrogens with zero attached hydrogens (tertiary/aromatic N) is 1. The van der Waals surface area contributed by atoms with Gasteiger partial charge in [0.1, 0.15) is 0 Å². The van der Waals surface area contributed by atoms with E-state index in [0.29, 0.717) is 4.90 Å². The number of halogens is 1. The third-order valence-electron chi connectivity index (χ3n) is 1.85. The number of nitro groups is 1. The van der Waals surface area contributed by atoms with Crippen molar-refractivity contribution < 1.29 is 14.5 Å². The second-order valence-corrected chi connectivity index (χ2v) is 4.46. The molecule has 0 aliphatic rings. The molecule has 0 saturated heterocycles. The highest BCUT2D eigenvalue weighted by Gasteiger charge is 2.21. The molecule has 0 atom stereocenters. The maximum atomic E-state index is 11.3. The average molecular weight is 306 g/mol. The Kier molecular flexibility index (Phi) is 4.31. The van der Waals surface area contributed by atoms with Crippen molar-refractivity contribution in [1.82, 2.24) is 0 Å². The fraction of sp³-hybridized carbons (Fsp3) is 0.222. The van der Waals surface area contributed by atoms with Crippen molar-refractivity contribution >= 4 is 39.3 Å². The number of carbonyl (C=O) groups excluding carboxylic acids is 1. The van der Waals surface area contributed by atoms with Gasteiger partial charge in [-0.3, -0.25) is 10.1 Å². The molecule has 0 radical (unpaired) electrons. The van der Waals surface area contributed by atoms with E-state index in [4.69, 9.17) is 0 Å². The van der Waals surface area contributed by atoms with Gasteiger partial charge in [0.15, 0.2) is 0 Å². The molecule has 0 spiro atoms. The lowest BCUT2D eigenvalue weighted by Gasteiger charge is -2.05. The summed E-state index contributed by atoms with van der Waals surface area (Å²) in [4.78, 5) is 22.0. The number of hydrogen-bond acceptors (Lipinski definition) is 5. The van der Waals surface area contributed by atoms with Gasteiger partial charge in [0.2, 0.25) is 0 Å². The first-order valence-corrected chi connectivity index (χ1v) is 6.13. The van der Waals surface area contributed by atoms with Gasteiger partial charge in [-0.1, -0.05) is 0 Å². The van der Waals surface area contributed by atoms with Crippen LogP contribution in [-0.2, 0) is 4.74 Å². The van der Waals surface area contributed by atoms with Gasteiger partial charge in [-0.25, -0.2) is 4.79 Å². The van der Waals surface area contributed by atoms with Crippen molar-refractivity contribution in [2.45, 2.75) is 4.90 Å². The molecule has 0 amide bonds. The summed E-state index contributed by atoms with van der Waals surface area (Å²) in [5, 5.41) is 10.8. The number of methoxy groups -OCH3 is 1. The van der Waals surface area contributed by atoms with Crippen molar-refractivity contribution in [3.8, 4) is 0 Å². The van der Waals surface area contributed by atoms with Gasteiger partial charge in [-0.15, -0.1) is 11.8 Å². The Bertz CT molecular complexity index is 449. The van der Waals surface area contributed by atoms with E-state index < -0.39 is 10.9 Å². The van der Waals surface area contributed by atoms with E-state index in [0.717, 1.165) is 0 Å². The first-order valence-electron chi connectivity index (χ1n) is 4.11. The molecule has 16 heavy (non-hydrogen) atoms. The number of hydrogen-bond donors (Lipinski definition) is 0. The normalized spacial score (nSPS) is 9.94. The Morgan fingerprint density at radius 1 is 1.56 bits per heavy atom. The Morgan fingerprint density at radius 3 is 2.62 bits per heavy atom. The molecule has 0 aliphatic carbocycles. The predicted octanol–water partition coefficient (Wildman–Crippen LogP) is 2.87. The summed E-state index contributed by atoms with van der Waals surface area (Å²) in [6, 6.07) is 2.82. The van der Waals surface area contributed by atoms with Crippen LogP contribution < -0.4 is 0 Å². The van der Waals surface area contributed by atoms with Gasteiger partial charge in [0.05, 0.1) is 27.0 Å². The summed E-state index contributed by atoms with van der Waals surface area (Å²) in [6.45, 7) is 0. The van der Waals surface area contributed by atoms with Gasteiger partial charge >= 0.3 is 5.97 Å². The lowest BCUT2D eigenvalue weighted by atomic mass is 10.2. The number of rotatable bonds is 3. The van der Waals surface area contributed by atoms with Crippen LogP contribution in [0.15, 0.2) is 21.5 Å². The summed E-state index contributed by atoms with van der Waals surface area (Å²) in [6.07, 6.45) is 1.70. The molecule has 0 fully saturated rings. The van der Waals surface area contributed by atoms with Gasteiger partial charge < -0.3 is 4.74 Å². The molecular formula is C9H8BrNO4S. The number of nitro benzene ring substituents is 1. The Morgan fingerprint density at radius 2 is 2.19 bits per heavy atom. The fourth-order valence-corrected chi connectivity index (χ4v) is 2.50. The third kappa shape index (κ3) is 2.53. The molecule has 86 valence electrons. The van der Waals surface area contributed by atoms with Crippen LogP contribution in [0.3, 0.4) is 0 Å². The highest BCUT2D eigenvalue weighted by Crippen LogP contribution is 2.35. The molecular weight excluding hydrogens is 298 g/mol. The first-order chi connectivity index (χ1) is 7.51. The average Bonchev–Trinajstić information content (AvgIpc) is 2.26. The standard InChI is InChI=1S/C9H8BrNO4S/c1-15-9(12)5-3-6(10)8(11(13)14)7(4-5)16-2/h3-4H,1-2H3. The van der Waals surface area contributed by atoms with Crippen molar-refractivity contribution in [2.24, 2.45) is 0 Å². The van der Waals surface area contributed by atoms with Gasteiger partial charge in [0.25, 0.3) is 5.69 Å². The molecule has 0 aromatic heterocycles. The Balaban J connectivity index is 3.37. The Hall–Kier alpha value is -1.08. The summed E-state index contributed by atoms with van der Waals surface area (Å²) >= 11 is 4.27. The van der Waals surface area contributed by atoms with E-state index >= 15 is 0 Å². The van der Waals surface area contributed by atoms with E-state index in [1.807, 2.05) is 0 Å². The molecule has 1 aromatic carbocycles. The van der Waals surface area contributed by atoms with Crippen molar-refractivity contribution in [3.05, 3.63) is 32.3 Å². The van der Waals surface area contributed by atoms with E-state index in [2.05, 4.69) is 20.7 Å². The maximum absolute atomic E-state index is 11.3. The smallest absolute Gasteiger partial charge is 0.337 e. The molecule has 0 N–H and O–H groups in total. The highest BCUT2D eigenvalue weighted by molar-refractivity contribution is 9.10. The molecule has 0 saturated carbocycles. The minimum absolute atomic E-state index is 0.0415. The van der Waals surface area contributed by atoms with Crippen molar-refractivity contribution in [3.63, 3.8) is 0 Å². The zero-order valence-corrected chi connectivity index (χ0v) is 10.9. The van der Waals surface area contributed by atoms with E-state index in [-0.39, 0.29) is 15.7 Å². The van der Waals surface area contributed by atoms with Crippen LogP contribution in [0.2, 0.25) is 0 Å². The quantitative estimate of drug-likeness (QED) is 0.372. The molecule has 0 heterocycles. The number of esters is 1. The third-order valence-corrected chi connectivity index (χ3v) is 3.21. The van der Waals surface area contributed by atoms with E-state index in [1.54, 1.807) is 6.26 Å². The van der Waals surface area contributed by atoms with Crippen LogP contribution in [0.25, 0.3) is 0 Å².